The fourth-order valence-corrected chi connectivity index (χ4v) is 3.22. The van der Waals surface area contributed by atoms with E-state index in [0.717, 1.165) is 11.6 Å². The van der Waals surface area contributed by atoms with Crippen molar-refractivity contribution in [2.75, 3.05) is 5.32 Å². The van der Waals surface area contributed by atoms with E-state index in [1.807, 2.05) is 6.07 Å². The molecule has 1 aliphatic carbocycles. The number of benzene rings is 1. The van der Waals surface area contributed by atoms with Crippen molar-refractivity contribution in [2.24, 2.45) is 0 Å². The van der Waals surface area contributed by atoms with Crippen LogP contribution in [0.3, 0.4) is 0 Å². The Morgan fingerprint density at radius 3 is 2.90 bits per heavy atom. The highest BCUT2D eigenvalue weighted by Crippen LogP contribution is 2.42. The average molecular weight is 284 g/mol. The van der Waals surface area contributed by atoms with Crippen LogP contribution in [-0.4, -0.2) is 20.6 Å². The van der Waals surface area contributed by atoms with E-state index < -0.39 is 0 Å². The van der Waals surface area contributed by atoms with E-state index in [-0.39, 0.29) is 5.56 Å². The number of anilines is 1. The normalized spacial score (nSPS) is 21.0. The van der Waals surface area contributed by atoms with E-state index in [4.69, 9.17) is 0 Å². The van der Waals surface area contributed by atoms with Crippen molar-refractivity contribution < 1.29 is 0 Å². The molecule has 0 saturated heterocycles. The largest absolute Gasteiger partial charge is 0.357 e. The van der Waals surface area contributed by atoms with Gasteiger partial charge < -0.3 is 5.32 Å². The number of nitrogens with zero attached hydrogens (tertiary/aromatic N) is 3. The molecule has 0 aliphatic heterocycles. The molecule has 20 heavy (non-hydrogen) atoms. The molecule has 2 aromatic heterocycles. The minimum atomic E-state index is -0.144. The fraction of sp³-hybridized carbons (Fsp3) is 0.214. The second-order valence-corrected chi connectivity index (χ2v) is 5.84. The highest BCUT2D eigenvalue weighted by molar-refractivity contribution is 7.20. The van der Waals surface area contributed by atoms with Crippen LogP contribution in [0.15, 0.2) is 47.4 Å². The van der Waals surface area contributed by atoms with Gasteiger partial charge in [-0.1, -0.05) is 41.7 Å². The van der Waals surface area contributed by atoms with Crippen LogP contribution in [-0.2, 0) is 0 Å². The summed E-state index contributed by atoms with van der Waals surface area (Å²) >= 11 is 1.41. The molecule has 100 valence electrons. The van der Waals surface area contributed by atoms with E-state index in [2.05, 4.69) is 39.7 Å². The predicted octanol–water partition coefficient (Wildman–Crippen LogP) is 2.12. The maximum Gasteiger partial charge on any atom is 0.275 e. The number of fused-ring (bicyclic) bond motifs is 1. The first-order chi connectivity index (χ1) is 9.81. The monoisotopic (exact) mass is 284 g/mol. The Kier molecular flexibility index (Phi) is 2.56. The number of aromatic nitrogens is 3. The maximum absolute atomic E-state index is 11.6. The van der Waals surface area contributed by atoms with E-state index >= 15 is 0 Å². The summed E-state index contributed by atoms with van der Waals surface area (Å²) in [4.78, 5) is 16.4. The first-order valence-corrected chi connectivity index (χ1v) is 7.29. The zero-order chi connectivity index (χ0) is 13.5. The van der Waals surface area contributed by atoms with Gasteiger partial charge in [-0.3, -0.25) is 4.79 Å². The number of nitrogens with one attached hydrogen (secondary N) is 1. The van der Waals surface area contributed by atoms with E-state index in [9.17, 15) is 4.79 Å². The molecule has 1 saturated carbocycles. The van der Waals surface area contributed by atoms with Gasteiger partial charge in [0.05, 0.1) is 0 Å². The van der Waals surface area contributed by atoms with Gasteiger partial charge in [0.1, 0.15) is 0 Å². The van der Waals surface area contributed by atoms with Crippen LogP contribution in [0.4, 0.5) is 5.13 Å². The van der Waals surface area contributed by atoms with Crippen LogP contribution in [0.2, 0.25) is 0 Å². The summed E-state index contributed by atoms with van der Waals surface area (Å²) in [6.07, 6.45) is 2.62. The zero-order valence-corrected chi connectivity index (χ0v) is 11.4. The minimum Gasteiger partial charge on any atom is -0.357 e. The van der Waals surface area contributed by atoms with Crippen molar-refractivity contribution in [3.63, 3.8) is 0 Å². The highest BCUT2D eigenvalue weighted by Gasteiger charge is 2.38. The molecule has 1 fully saturated rings. The first-order valence-electron chi connectivity index (χ1n) is 6.47. The smallest absolute Gasteiger partial charge is 0.275 e. The lowest BCUT2D eigenvalue weighted by Gasteiger charge is -2.01. The predicted molar refractivity (Wildman–Crippen MR) is 78.3 cm³/mol. The molecule has 1 aromatic carbocycles. The molecule has 0 spiro atoms. The standard InChI is InChI=1S/C14H12N4OS/c19-12-6-7-15-14-18(12)17-13(20-14)16-11-8-10(11)9-4-2-1-3-5-9/h1-7,10-11H,8H2,(H,16,17). The lowest BCUT2D eigenvalue weighted by Crippen LogP contribution is -2.13. The zero-order valence-electron chi connectivity index (χ0n) is 10.6. The molecule has 1 aliphatic rings. The molecule has 0 amide bonds. The van der Waals surface area contributed by atoms with Crippen LogP contribution in [0.1, 0.15) is 17.9 Å². The molecular weight excluding hydrogens is 272 g/mol. The van der Waals surface area contributed by atoms with E-state index in [0.29, 0.717) is 16.9 Å². The lowest BCUT2D eigenvalue weighted by atomic mass is 10.1. The van der Waals surface area contributed by atoms with Crippen molar-refractivity contribution in [3.05, 3.63) is 58.5 Å². The van der Waals surface area contributed by atoms with Gasteiger partial charge in [0.2, 0.25) is 10.1 Å². The van der Waals surface area contributed by atoms with Gasteiger partial charge in [-0.05, 0) is 12.0 Å². The SMILES string of the molecule is O=c1ccnc2sc(NC3CC3c3ccccc3)nn12. The van der Waals surface area contributed by atoms with Crippen LogP contribution in [0.25, 0.3) is 4.96 Å². The van der Waals surface area contributed by atoms with Crippen molar-refractivity contribution in [1.82, 2.24) is 14.6 Å². The summed E-state index contributed by atoms with van der Waals surface area (Å²) in [7, 11) is 0. The molecular formula is C14H12N4OS. The summed E-state index contributed by atoms with van der Waals surface area (Å²) in [6.45, 7) is 0. The third kappa shape index (κ3) is 1.98. The average Bonchev–Trinajstić information content (AvgIpc) is 3.10. The van der Waals surface area contributed by atoms with E-state index in [1.165, 1.54) is 33.7 Å². The third-order valence-electron chi connectivity index (χ3n) is 3.50. The topological polar surface area (TPSA) is 59.3 Å². The maximum atomic E-state index is 11.6. The molecule has 2 heterocycles. The first kappa shape index (κ1) is 11.6. The van der Waals surface area contributed by atoms with Crippen LogP contribution in [0.5, 0.6) is 0 Å². The third-order valence-corrected chi connectivity index (χ3v) is 4.35. The van der Waals surface area contributed by atoms with Gasteiger partial charge >= 0.3 is 0 Å². The Bertz CT molecular complexity index is 811. The summed E-state index contributed by atoms with van der Waals surface area (Å²) < 4.78 is 1.34. The Morgan fingerprint density at radius 1 is 1.25 bits per heavy atom. The molecule has 3 aromatic rings. The summed E-state index contributed by atoms with van der Waals surface area (Å²) in [5.74, 6) is 0.535. The van der Waals surface area contributed by atoms with Crippen molar-refractivity contribution in [1.29, 1.82) is 0 Å². The summed E-state index contributed by atoms with van der Waals surface area (Å²) in [5.41, 5.74) is 1.20. The van der Waals surface area contributed by atoms with Gasteiger partial charge in [-0.25, -0.2) is 4.98 Å². The van der Waals surface area contributed by atoms with E-state index in [1.54, 1.807) is 0 Å². The molecule has 2 unspecified atom stereocenters. The Labute approximate surface area is 118 Å². The minimum absolute atomic E-state index is 0.144. The second-order valence-electron chi connectivity index (χ2n) is 4.89. The van der Waals surface area contributed by atoms with Crippen molar-refractivity contribution in [3.8, 4) is 0 Å². The number of hydrogen-bond acceptors (Lipinski definition) is 5. The number of hydrogen-bond donors (Lipinski definition) is 1. The molecule has 0 radical (unpaired) electrons. The summed E-state index contributed by atoms with van der Waals surface area (Å²) in [6, 6.07) is 12.3. The number of rotatable bonds is 3. The van der Waals surface area contributed by atoms with Gasteiger partial charge in [-0.2, -0.15) is 4.52 Å². The fourth-order valence-electron chi connectivity index (χ4n) is 2.38. The van der Waals surface area contributed by atoms with Gasteiger partial charge in [0, 0.05) is 24.2 Å². The quantitative estimate of drug-likeness (QED) is 0.800. The molecule has 6 heteroatoms. The van der Waals surface area contributed by atoms with Crippen LogP contribution < -0.4 is 10.9 Å². The van der Waals surface area contributed by atoms with Gasteiger partial charge in [0.25, 0.3) is 5.56 Å². The lowest BCUT2D eigenvalue weighted by molar-refractivity contribution is 0.892. The highest BCUT2D eigenvalue weighted by atomic mass is 32.1. The van der Waals surface area contributed by atoms with Crippen molar-refractivity contribution in [2.45, 2.75) is 18.4 Å². The molecule has 1 N–H and O–H groups in total. The molecule has 2 atom stereocenters. The Hall–Kier alpha value is -2.21. The molecule has 5 nitrogen and oxygen atoms in total. The van der Waals surface area contributed by atoms with Crippen molar-refractivity contribution >= 4 is 21.4 Å². The molecule has 4 rings (SSSR count). The van der Waals surface area contributed by atoms with Crippen LogP contribution >= 0.6 is 11.3 Å². The van der Waals surface area contributed by atoms with Gasteiger partial charge in [-0.15, -0.1) is 5.10 Å². The van der Waals surface area contributed by atoms with Crippen LogP contribution in [0, 0.1) is 0 Å². The molecule has 0 bridgehead atoms. The Balaban J connectivity index is 1.55. The Morgan fingerprint density at radius 2 is 2.10 bits per heavy atom. The van der Waals surface area contributed by atoms with Gasteiger partial charge in [0.15, 0.2) is 0 Å². The summed E-state index contributed by atoms with van der Waals surface area (Å²) in [5, 5.41) is 8.41. The second kappa shape index (κ2) is 4.42.